The van der Waals surface area contributed by atoms with Gasteiger partial charge in [0.15, 0.2) is 5.13 Å². The van der Waals surface area contributed by atoms with Gasteiger partial charge in [-0.15, -0.1) is 0 Å². The number of hydrogen-bond acceptors (Lipinski definition) is 7. The van der Waals surface area contributed by atoms with Crippen molar-refractivity contribution in [3.05, 3.63) is 87.9 Å². The second kappa shape index (κ2) is 8.90. The van der Waals surface area contributed by atoms with Gasteiger partial charge in [0.05, 0.1) is 28.9 Å². The fourth-order valence-corrected chi connectivity index (χ4v) is 6.14. The van der Waals surface area contributed by atoms with Gasteiger partial charge in [0.2, 0.25) is 0 Å². The minimum absolute atomic E-state index is 0.0116. The largest absolute Gasteiger partial charge is 0.507 e. The lowest BCUT2D eigenvalue weighted by Gasteiger charge is -2.23. The van der Waals surface area contributed by atoms with Gasteiger partial charge < -0.3 is 14.6 Å². The van der Waals surface area contributed by atoms with Gasteiger partial charge in [-0.2, -0.15) is 0 Å². The lowest BCUT2D eigenvalue weighted by molar-refractivity contribution is -0.132. The summed E-state index contributed by atoms with van der Waals surface area (Å²) in [6, 6.07) is 16.7. The molecular formula is C28H21ClN2O5S. The van der Waals surface area contributed by atoms with Gasteiger partial charge in [0.25, 0.3) is 5.78 Å². The zero-order chi connectivity index (χ0) is 25.8. The Kier molecular flexibility index (Phi) is 5.66. The first-order chi connectivity index (χ1) is 17.8. The van der Waals surface area contributed by atoms with Crippen LogP contribution in [0.3, 0.4) is 0 Å². The summed E-state index contributed by atoms with van der Waals surface area (Å²) in [5, 5.41) is 12.4. The monoisotopic (exact) mass is 532 g/mol. The molecule has 1 N–H and O–H groups in total. The number of rotatable bonds is 4. The number of aliphatic hydroxyl groups is 1. The summed E-state index contributed by atoms with van der Waals surface area (Å²) >= 11 is 7.41. The predicted octanol–water partition coefficient (Wildman–Crippen LogP) is 5.91. The molecule has 0 saturated carbocycles. The number of carbonyl (C=O) groups excluding carboxylic acids is 2. The summed E-state index contributed by atoms with van der Waals surface area (Å²) in [7, 11) is 1.54. The Bertz CT molecular complexity index is 1630. The number of benzene rings is 3. The molecule has 2 unspecified atom stereocenters. The van der Waals surface area contributed by atoms with Crippen molar-refractivity contribution in [1.29, 1.82) is 0 Å². The van der Waals surface area contributed by atoms with E-state index in [1.165, 1.54) is 16.2 Å². The third-order valence-electron chi connectivity index (χ3n) is 6.57. The number of ketones is 1. The number of amides is 1. The molecule has 37 heavy (non-hydrogen) atoms. The van der Waals surface area contributed by atoms with Crippen LogP contribution in [-0.4, -0.2) is 35.0 Å². The van der Waals surface area contributed by atoms with E-state index in [9.17, 15) is 14.7 Å². The minimum Gasteiger partial charge on any atom is -0.507 e. The third-order valence-corrected chi connectivity index (χ3v) is 7.82. The quantitative estimate of drug-likeness (QED) is 0.200. The molecule has 2 aliphatic heterocycles. The van der Waals surface area contributed by atoms with Crippen molar-refractivity contribution in [2.75, 3.05) is 12.0 Å². The smallest absolute Gasteiger partial charge is 0.301 e. The van der Waals surface area contributed by atoms with Crippen molar-refractivity contribution in [2.45, 2.75) is 25.5 Å². The molecule has 0 bridgehead atoms. The summed E-state index contributed by atoms with van der Waals surface area (Å²) in [6.45, 7) is 1.97. The maximum Gasteiger partial charge on any atom is 0.301 e. The van der Waals surface area contributed by atoms with Gasteiger partial charge in [-0.1, -0.05) is 35.1 Å². The SMILES string of the molecule is COc1cccc(C2C(=C(O)c3ccc4c(c3)CC(C)O4)C(=O)C(=O)N2c2nc3ccc(Cl)cc3s2)c1. The van der Waals surface area contributed by atoms with Crippen LogP contribution in [0.2, 0.25) is 5.02 Å². The average molecular weight is 533 g/mol. The molecule has 2 aliphatic rings. The molecule has 0 spiro atoms. The molecule has 1 saturated heterocycles. The van der Waals surface area contributed by atoms with Crippen molar-refractivity contribution >= 4 is 55.7 Å². The lowest BCUT2D eigenvalue weighted by atomic mass is 9.94. The van der Waals surface area contributed by atoms with Crippen LogP contribution in [0.4, 0.5) is 5.13 Å². The Labute approximate surface area is 221 Å². The van der Waals surface area contributed by atoms with Crippen LogP contribution in [0.5, 0.6) is 11.5 Å². The molecule has 7 nitrogen and oxygen atoms in total. The maximum absolute atomic E-state index is 13.5. The van der Waals surface area contributed by atoms with Crippen molar-refractivity contribution < 1.29 is 24.2 Å². The Balaban J connectivity index is 1.54. The summed E-state index contributed by atoms with van der Waals surface area (Å²) in [4.78, 5) is 32.9. The molecular weight excluding hydrogens is 512 g/mol. The minimum atomic E-state index is -0.908. The topological polar surface area (TPSA) is 89.0 Å². The Morgan fingerprint density at radius 2 is 2.00 bits per heavy atom. The van der Waals surface area contributed by atoms with Crippen LogP contribution in [0, 0.1) is 0 Å². The van der Waals surface area contributed by atoms with Crippen LogP contribution in [0.15, 0.2) is 66.2 Å². The van der Waals surface area contributed by atoms with E-state index in [-0.39, 0.29) is 17.4 Å². The molecule has 4 aromatic rings. The standard InChI is InChI=1S/C28H21ClN2O5S/c1-14-10-17-11-16(6-9-21(17)36-14)25(32)23-24(15-4-3-5-19(12-15)35-2)31(27(34)26(23)33)28-30-20-8-7-18(29)13-22(20)37-28/h3-9,11-14,24,32H,10H2,1-2H3. The average Bonchev–Trinajstić information content (AvgIpc) is 3.55. The number of hydrogen-bond donors (Lipinski definition) is 1. The summed E-state index contributed by atoms with van der Waals surface area (Å²) in [6.07, 6.45) is 0.723. The van der Waals surface area contributed by atoms with Crippen LogP contribution < -0.4 is 14.4 Å². The molecule has 1 fully saturated rings. The van der Waals surface area contributed by atoms with E-state index in [2.05, 4.69) is 4.98 Å². The Morgan fingerprint density at radius 3 is 2.81 bits per heavy atom. The molecule has 9 heteroatoms. The van der Waals surface area contributed by atoms with Gasteiger partial charge in [-0.25, -0.2) is 4.98 Å². The van der Waals surface area contributed by atoms with E-state index in [4.69, 9.17) is 21.1 Å². The number of halogens is 1. The van der Waals surface area contributed by atoms with Crippen LogP contribution >= 0.6 is 22.9 Å². The summed E-state index contributed by atoms with van der Waals surface area (Å²) < 4.78 is 12.0. The zero-order valence-corrected chi connectivity index (χ0v) is 21.5. The normalized spacial score (nSPS) is 20.4. The first-order valence-electron chi connectivity index (χ1n) is 11.6. The fraction of sp³-hybridized carbons (Fsp3) is 0.179. The number of thiazole rings is 1. The molecule has 1 amide bonds. The van der Waals surface area contributed by atoms with E-state index in [0.29, 0.717) is 39.0 Å². The number of methoxy groups -OCH3 is 1. The van der Waals surface area contributed by atoms with E-state index >= 15 is 0 Å². The van der Waals surface area contributed by atoms with Crippen molar-refractivity contribution in [2.24, 2.45) is 0 Å². The molecule has 3 heterocycles. The molecule has 6 rings (SSSR count). The Hall–Kier alpha value is -3.88. The van der Waals surface area contributed by atoms with E-state index in [0.717, 1.165) is 16.0 Å². The number of fused-ring (bicyclic) bond motifs is 2. The highest BCUT2D eigenvalue weighted by Crippen LogP contribution is 2.45. The van der Waals surface area contributed by atoms with Gasteiger partial charge >= 0.3 is 5.91 Å². The third kappa shape index (κ3) is 3.93. The molecule has 0 aliphatic carbocycles. The van der Waals surface area contributed by atoms with Crippen molar-refractivity contribution in [1.82, 2.24) is 4.98 Å². The first kappa shape index (κ1) is 23.5. The fourth-order valence-electron chi connectivity index (χ4n) is 4.87. The van der Waals surface area contributed by atoms with Gasteiger partial charge in [-0.3, -0.25) is 14.5 Å². The number of aliphatic hydroxyl groups excluding tert-OH is 1. The zero-order valence-electron chi connectivity index (χ0n) is 19.9. The molecule has 0 radical (unpaired) electrons. The van der Waals surface area contributed by atoms with Crippen LogP contribution in [0.1, 0.15) is 29.7 Å². The highest BCUT2D eigenvalue weighted by molar-refractivity contribution is 7.22. The Morgan fingerprint density at radius 1 is 1.16 bits per heavy atom. The lowest BCUT2D eigenvalue weighted by Crippen LogP contribution is -2.29. The number of ether oxygens (including phenoxy) is 2. The highest BCUT2D eigenvalue weighted by atomic mass is 35.5. The van der Waals surface area contributed by atoms with E-state index in [1.807, 2.05) is 13.0 Å². The molecule has 2 atom stereocenters. The summed E-state index contributed by atoms with van der Waals surface area (Å²) in [5.74, 6) is -0.490. The van der Waals surface area contributed by atoms with E-state index < -0.39 is 17.7 Å². The number of aromatic nitrogens is 1. The van der Waals surface area contributed by atoms with Gasteiger partial charge in [-0.05, 0) is 66.6 Å². The number of nitrogens with zero attached hydrogens (tertiary/aromatic N) is 2. The number of Topliss-reactive ketones (excluding diaryl/α,β-unsaturated/α-hetero) is 1. The number of anilines is 1. The van der Waals surface area contributed by atoms with Crippen molar-refractivity contribution in [3.63, 3.8) is 0 Å². The molecule has 186 valence electrons. The van der Waals surface area contributed by atoms with Crippen LogP contribution in [-0.2, 0) is 16.0 Å². The maximum atomic E-state index is 13.5. The first-order valence-corrected chi connectivity index (χ1v) is 12.8. The second-order valence-electron chi connectivity index (χ2n) is 9.01. The van der Waals surface area contributed by atoms with Crippen LogP contribution in [0.25, 0.3) is 16.0 Å². The van der Waals surface area contributed by atoms with Gasteiger partial charge in [0.1, 0.15) is 23.4 Å². The number of carbonyl (C=O) groups is 2. The van der Waals surface area contributed by atoms with Crippen molar-refractivity contribution in [3.8, 4) is 11.5 Å². The molecule has 1 aromatic heterocycles. The highest BCUT2D eigenvalue weighted by Gasteiger charge is 2.48. The predicted molar refractivity (Wildman–Crippen MR) is 143 cm³/mol. The van der Waals surface area contributed by atoms with E-state index in [1.54, 1.807) is 61.7 Å². The second-order valence-corrected chi connectivity index (χ2v) is 10.5. The summed E-state index contributed by atoms with van der Waals surface area (Å²) in [5.41, 5.74) is 2.63. The molecule has 3 aromatic carbocycles. The van der Waals surface area contributed by atoms with Gasteiger partial charge in [0, 0.05) is 17.0 Å².